The van der Waals surface area contributed by atoms with Crippen molar-refractivity contribution < 1.29 is 0 Å². The van der Waals surface area contributed by atoms with E-state index in [1.807, 2.05) is 6.20 Å². The zero-order chi connectivity index (χ0) is 8.55. The third-order valence-corrected chi connectivity index (χ3v) is 1.98. The number of fused-ring (bicyclic) bond motifs is 1. The first kappa shape index (κ1) is 7.28. The van der Waals surface area contributed by atoms with Crippen LogP contribution in [0.2, 0.25) is 0 Å². The number of nitrogens with zero attached hydrogens (tertiary/aromatic N) is 2. The Bertz CT molecular complexity index is 389. The highest BCUT2D eigenvalue weighted by Gasteiger charge is 2.06. The fourth-order valence-electron chi connectivity index (χ4n) is 1.31. The first-order chi connectivity index (χ1) is 5.79. The average molecular weight is 161 g/mol. The molecule has 0 fully saturated rings. The molecular formula is C9H11N3. The van der Waals surface area contributed by atoms with Crippen molar-refractivity contribution in [2.24, 2.45) is 0 Å². The number of aromatic amines is 1. The van der Waals surface area contributed by atoms with E-state index in [4.69, 9.17) is 0 Å². The number of hydrogen-bond acceptors (Lipinski definition) is 2. The van der Waals surface area contributed by atoms with Gasteiger partial charge in [0.25, 0.3) is 0 Å². The van der Waals surface area contributed by atoms with Gasteiger partial charge in [0.1, 0.15) is 0 Å². The summed E-state index contributed by atoms with van der Waals surface area (Å²) in [5.74, 6) is 0.476. The monoisotopic (exact) mass is 161 g/mol. The van der Waals surface area contributed by atoms with Gasteiger partial charge in [0, 0.05) is 11.8 Å². The second kappa shape index (κ2) is 2.59. The van der Waals surface area contributed by atoms with Crippen LogP contribution in [0.25, 0.3) is 11.0 Å². The molecule has 0 radical (unpaired) electrons. The molecule has 0 saturated carbocycles. The van der Waals surface area contributed by atoms with E-state index in [1.165, 1.54) is 5.56 Å². The summed E-state index contributed by atoms with van der Waals surface area (Å²) < 4.78 is 0. The van der Waals surface area contributed by atoms with Gasteiger partial charge in [0.2, 0.25) is 0 Å². The fraction of sp³-hybridized carbons (Fsp3) is 0.333. The summed E-state index contributed by atoms with van der Waals surface area (Å²) in [6.45, 7) is 4.29. The molecule has 0 bridgehead atoms. The number of imidazole rings is 1. The van der Waals surface area contributed by atoms with E-state index in [2.05, 4.69) is 28.8 Å². The van der Waals surface area contributed by atoms with Crippen LogP contribution in [0.1, 0.15) is 25.3 Å². The summed E-state index contributed by atoms with van der Waals surface area (Å²) >= 11 is 0. The Labute approximate surface area is 70.9 Å². The van der Waals surface area contributed by atoms with Crippen molar-refractivity contribution in [2.75, 3.05) is 0 Å². The van der Waals surface area contributed by atoms with Crippen molar-refractivity contribution in [3.63, 3.8) is 0 Å². The van der Waals surface area contributed by atoms with Gasteiger partial charge in [-0.2, -0.15) is 0 Å². The highest BCUT2D eigenvalue weighted by Crippen LogP contribution is 2.20. The van der Waals surface area contributed by atoms with Gasteiger partial charge in [0.05, 0.1) is 23.6 Å². The molecule has 0 spiro atoms. The Hall–Kier alpha value is -1.38. The van der Waals surface area contributed by atoms with Gasteiger partial charge in [-0.3, -0.25) is 4.98 Å². The van der Waals surface area contributed by atoms with Crippen LogP contribution in [0.15, 0.2) is 18.7 Å². The van der Waals surface area contributed by atoms with Gasteiger partial charge in [-0.1, -0.05) is 13.8 Å². The molecule has 12 heavy (non-hydrogen) atoms. The van der Waals surface area contributed by atoms with Crippen molar-refractivity contribution in [1.82, 2.24) is 15.0 Å². The third kappa shape index (κ3) is 0.978. The standard InChI is InChI=1S/C9H11N3/c1-6(2)7-3-10-4-8-9(7)12-5-11-8/h3-6H,1-2H3,(H,11,12). The van der Waals surface area contributed by atoms with Gasteiger partial charge >= 0.3 is 0 Å². The molecule has 0 aliphatic carbocycles. The number of pyridine rings is 1. The number of H-pyrrole nitrogens is 1. The van der Waals surface area contributed by atoms with Crippen LogP contribution in [-0.4, -0.2) is 15.0 Å². The minimum absolute atomic E-state index is 0.476. The SMILES string of the molecule is CC(C)c1cncc2[nH]cnc12. The van der Waals surface area contributed by atoms with Crippen LogP contribution >= 0.6 is 0 Å². The molecule has 2 aromatic heterocycles. The molecule has 3 heteroatoms. The molecule has 2 heterocycles. The zero-order valence-electron chi connectivity index (χ0n) is 7.20. The van der Waals surface area contributed by atoms with Crippen molar-refractivity contribution in [3.8, 4) is 0 Å². The van der Waals surface area contributed by atoms with E-state index >= 15 is 0 Å². The molecule has 62 valence electrons. The summed E-state index contributed by atoms with van der Waals surface area (Å²) in [5, 5.41) is 0. The molecule has 0 aliphatic rings. The van der Waals surface area contributed by atoms with Gasteiger partial charge < -0.3 is 4.98 Å². The van der Waals surface area contributed by atoms with Crippen molar-refractivity contribution in [1.29, 1.82) is 0 Å². The first-order valence-electron chi connectivity index (χ1n) is 4.06. The Kier molecular flexibility index (Phi) is 1.57. The Morgan fingerprint density at radius 2 is 2.17 bits per heavy atom. The highest BCUT2D eigenvalue weighted by molar-refractivity contribution is 5.77. The molecule has 0 saturated heterocycles. The van der Waals surface area contributed by atoms with Gasteiger partial charge in [-0.15, -0.1) is 0 Å². The molecule has 0 aliphatic heterocycles. The quantitative estimate of drug-likeness (QED) is 0.695. The maximum atomic E-state index is 4.24. The van der Waals surface area contributed by atoms with E-state index in [0.29, 0.717) is 5.92 Å². The van der Waals surface area contributed by atoms with Gasteiger partial charge in [0.15, 0.2) is 0 Å². The van der Waals surface area contributed by atoms with Gasteiger partial charge in [-0.25, -0.2) is 4.98 Å². The maximum absolute atomic E-state index is 4.24. The van der Waals surface area contributed by atoms with Crippen LogP contribution < -0.4 is 0 Å². The molecule has 3 nitrogen and oxygen atoms in total. The minimum atomic E-state index is 0.476. The molecule has 0 unspecified atom stereocenters. The van der Waals surface area contributed by atoms with E-state index in [9.17, 15) is 0 Å². The summed E-state index contributed by atoms with van der Waals surface area (Å²) in [4.78, 5) is 11.4. The second-order valence-corrected chi connectivity index (χ2v) is 3.18. The summed E-state index contributed by atoms with van der Waals surface area (Å²) in [6, 6.07) is 0. The number of aromatic nitrogens is 3. The van der Waals surface area contributed by atoms with Crippen molar-refractivity contribution in [2.45, 2.75) is 19.8 Å². The number of hydrogen-bond donors (Lipinski definition) is 1. The lowest BCUT2D eigenvalue weighted by molar-refractivity contribution is 0.866. The Balaban J connectivity index is 2.73. The van der Waals surface area contributed by atoms with Crippen LogP contribution in [0, 0.1) is 0 Å². The van der Waals surface area contributed by atoms with Crippen LogP contribution in [0.5, 0.6) is 0 Å². The van der Waals surface area contributed by atoms with E-state index < -0.39 is 0 Å². The van der Waals surface area contributed by atoms with Crippen molar-refractivity contribution in [3.05, 3.63) is 24.3 Å². The average Bonchev–Trinajstić information content (AvgIpc) is 2.49. The lowest BCUT2D eigenvalue weighted by Gasteiger charge is -2.03. The zero-order valence-corrected chi connectivity index (χ0v) is 7.20. The van der Waals surface area contributed by atoms with Crippen LogP contribution in [0.3, 0.4) is 0 Å². The summed E-state index contributed by atoms with van der Waals surface area (Å²) in [5.41, 5.74) is 3.26. The van der Waals surface area contributed by atoms with E-state index in [0.717, 1.165) is 11.0 Å². The van der Waals surface area contributed by atoms with Gasteiger partial charge in [-0.05, 0) is 5.92 Å². The molecule has 2 rings (SSSR count). The summed E-state index contributed by atoms with van der Waals surface area (Å²) in [6.07, 6.45) is 5.39. The maximum Gasteiger partial charge on any atom is 0.0948 e. The molecule has 2 aromatic rings. The number of rotatable bonds is 1. The lowest BCUT2D eigenvalue weighted by atomic mass is 10.0. The van der Waals surface area contributed by atoms with Crippen molar-refractivity contribution >= 4 is 11.0 Å². The predicted molar refractivity (Wildman–Crippen MR) is 48.0 cm³/mol. The third-order valence-electron chi connectivity index (χ3n) is 1.98. The highest BCUT2D eigenvalue weighted by atomic mass is 14.9. The number of nitrogens with one attached hydrogen (secondary N) is 1. The first-order valence-corrected chi connectivity index (χ1v) is 4.06. The largest absolute Gasteiger partial charge is 0.343 e. The Morgan fingerprint density at radius 3 is 2.92 bits per heavy atom. The van der Waals surface area contributed by atoms with Crippen LogP contribution in [-0.2, 0) is 0 Å². The molecule has 0 aromatic carbocycles. The lowest BCUT2D eigenvalue weighted by Crippen LogP contribution is -1.90. The summed E-state index contributed by atoms with van der Waals surface area (Å²) in [7, 11) is 0. The fourth-order valence-corrected chi connectivity index (χ4v) is 1.31. The predicted octanol–water partition coefficient (Wildman–Crippen LogP) is 2.08. The van der Waals surface area contributed by atoms with E-state index in [1.54, 1.807) is 12.5 Å². The topological polar surface area (TPSA) is 41.6 Å². The van der Waals surface area contributed by atoms with E-state index in [-0.39, 0.29) is 0 Å². The smallest absolute Gasteiger partial charge is 0.0948 e. The molecule has 0 atom stereocenters. The normalized spacial score (nSPS) is 11.2. The molecular weight excluding hydrogens is 150 g/mol. The molecule has 0 amide bonds. The van der Waals surface area contributed by atoms with Crippen LogP contribution in [0.4, 0.5) is 0 Å². The molecule has 1 N–H and O–H groups in total. The second-order valence-electron chi connectivity index (χ2n) is 3.18. The Morgan fingerprint density at radius 1 is 1.33 bits per heavy atom. The minimum Gasteiger partial charge on any atom is -0.343 e.